The molecule has 0 bridgehead atoms. The largest absolute Gasteiger partial charge is 0.384 e. The Hall–Kier alpha value is -1.66. The van der Waals surface area contributed by atoms with Gasteiger partial charge in [0.25, 0.3) is 0 Å². The molecule has 0 aliphatic carbocycles. The maximum absolute atomic E-state index is 7.48. The molecule has 1 saturated heterocycles. The summed E-state index contributed by atoms with van der Waals surface area (Å²) >= 11 is 0. The Morgan fingerprint density at radius 3 is 3.00 bits per heavy atom. The van der Waals surface area contributed by atoms with Gasteiger partial charge in [-0.15, -0.1) is 0 Å². The number of anilines is 1. The first-order chi connectivity index (χ1) is 8.77. The van der Waals surface area contributed by atoms with Crippen LogP contribution in [0, 0.1) is 5.41 Å². The first-order valence-corrected chi connectivity index (χ1v) is 6.11. The van der Waals surface area contributed by atoms with Crippen molar-refractivity contribution in [2.45, 2.75) is 0 Å². The molecular formula is C12H19N5O. The molecule has 1 fully saturated rings. The lowest BCUT2D eigenvalue weighted by molar-refractivity contribution is 0.0398. The summed E-state index contributed by atoms with van der Waals surface area (Å²) in [7, 11) is 0. The van der Waals surface area contributed by atoms with Crippen molar-refractivity contribution >= 4 is 11.7 Å². The Morgan fingerprint density at radius 2 is 2.28 bits per heavy atom. The average molecular weight is 249 g/mol. The van der Waals surface area contributed by atoms with E-state index in [2.05, 4.69) is 15.2 Å². The van der Waals surface area contributed by atoms with Crippen LogP contribution in [0.1, 0.15) is 5.56 Å². The Bertz CT molecular complexity index is 403. The highest BCUT2D eigenvalue weighted by Crippen LogP contribution is 2.09. The van der Waals surface area contributed by atoms with E-state index in [1.807, 2.05) is 0 Å². The molecule has 0 unspecified atom stereocenters. The number of aromatic nitrogens is 1. The molecule has 1 aromatic heterocycles. The number of nitrogens with zero attached hydrogens (tertiary/aromatic N) is 2. The third kappa shape index (κ3) is 3.41. The third-order valence-electron chi connectivity index (χ3n) is 2.92. The fourth-order valence-electron chi connectivity index (χ4n) is 1.92. The number of nitrogens with two attached hydrogens (primary N) is 1. The molecule has 4 N–H and O–H groups in total. The van der Waals surface area contributed by atoms with E-state index in [9.17, 15) is 0 Å². The summed E-state index contributed by atoms with van der Waals surface area (Å²) in [5, 5.41) is 10.7. The van der Waals surface area contributed by atoms with E-state index in [1.54, 1.807) is 18.3 Å². The highest BCUT2D eigenvalue weighted by molar-refractivity contribution is 5.99. The molecule has 0 atom stereocenters. The predicted molar refractivity (Wildman–Crippen MR) is 71.0 cm³/mol. The summed E-state index contributed by atoms with van der Waals surface area (Å²) in [5.74, 6) is 0.718. The van der Waals surface area contributed by atoms with Gasteiger partial charge in [0, 0.05) is 32.4 Å². The van der Waals surface area contributed by atoms with Crippen molar-refractivity contribution in [3.05, 3.63) is 23.9 Å². The second kappa shape index (κ2) is 6.32. The first kappa shape index (κ1) is 12.8. The number of pyridine rings is 1. The molecular weight excluding hydrogens is 230 g/mol. The van der Waals surface area contributed by atoms with E-state index in [-0.39, 0.29) is 5.84 Å². The molecule has 0 amide bonds. The van der Waals surface area contributed by atoms with E-state index < -0.39 is 0 Å². The zero-order valence-corrected chi connectivity index (χ0v) is 10.4. The second-order valence-corrected chi connectivity index (χ2v) is 4.19. The van der Waals surface area contributed by atoms with Gasteiger partial charge < -0.3 is 15.8 Å². The standard InChI is InChI=1S/C12H19N5O/c13-11(14)10-2-1-3-15-12(10)16-4-5-17-6-8-18-9-7-17/h1-3H,4-9H2,(H3,13,14)(H,15,16). The van der Waals surface area contributed by atoms with Crippen LogP contribution >= 0.6 is 0 Å². The van der Waals surface area contributed by atoms with E-state index in [1.165, 1.54) is 0 Å². The molecule has 0 saturated carbocycles. The molecule has 2 rings (SSSR count). The molecule has 0 aromatic carbocycles. The molecule has 2 heterocycles. The number of nitrogen functional groups attached to an aromatic ring is 1. The highest BCUT2D eigenvalue weighted by Gasteiger charge is 2.10. The van der Waals surface area contributed by atoms with Crippen LogP contribution in [-0.2, 0) is 4.74 Å². The van der Waals surface area contributed by atoms with Crippen LogP contribution in [0.2, 0.25) is 0 Å². The van der Waals surface area contributed by atoms with Crippen molar-refractivity contribution in [3.63, 3.8) is 0 Å². The summed E-state index contributed by atoms with van der Waals surface area (Å²) in [6.45, 7) is 5.30. The van der Waals surface area contributed by atoms with E-state index in [0.29, 0.717) is 11.4 Å². The quantitative estimate of drug-likeness (QED) is 0.509. The molecule has 18 heavy (non-hydrogen) atoms. The number of hydrogen-bond acceptors (Lipinski definition) is 5. The van der Waals surface area contributed by atoms with Crippen LogP contribution in [0.25, 0.3) is 0 Å². The van der Waals surface area contributed by atoms with Gasteiger partial charge in [-0.2, -0.15) is 0 Å². The lowest BCUT2D eigenvalue weighted by Crippen LogP contribution is -2.39. The topological polar surface area (TPSA) is 87.3 Å². The summed E-state index contributed by atoms with van der Waals surface area (Å²) in [6, 6.07) is 3.58. The van der Waals surface area contributed by atoms with Gasteiger partial charge in [-0.25, -0.2) is 4.98 Å². The van der Waals surface area contributed by atoms with Crippen LogP contribution in [0.4, 0.5) is 5.82 Å². The van der Waals surface area contributed by atoms with E-state index >= 15 is 0 Å². The normalized spacial score (nSPS) is 16.4. The average Bonchev–Trinajstić information content (AvgIpc) is 2.40. The van der Waals surface area contributed by atoms with Crippen LogP contribution in [0.15, 0.2) is 18.3 Å². The van der Waals surface area contributed by atoms with Gasteiger partial charge in [0.2, 0.25) is 0 Å². The number of ether oxygens (including phenoxy) is 1. The Balaban J connectivity index is 1.84. The fraction of sp³-hybridized carbons (Fsp3) is 0.500. The maximum Gasteiger partial charge on any atom is 0.136 e. The molecule has 1 aliphatic rings. The van der Waals surface area contributed by atoms with Crippen LogP contribution < -0.4 is 11.1 Å². The van der Waals surface area contributed by atoms with Gasteiger partial charge in [0.1, 0.15) is 11.7 Å². The molecule has 6 nitrogen and oxygen atoms in total. The Kier molecular flexibility index (Phi) is 4.49. The van der Waals surface area contributed by atoms with Crippen LogP contribution in [0.5, 0.6) is 0 Å². The minimum Gasteiger partial charge on any atom is -0.384 e. The lowest BCUT2D eigenvalue weighted by atomic mass is 10.2. The molecule has 0 spiro atoms. The Labute approximate surface area is 107 Å². The van der Waals surface area contributed by atoms with Gasteiger partial charge in [-0.1, -0.05) is 0 Å². The maximum atomic E-state index is 7.48. The van der Waals surface area contributed by atoms with Crippen molar-refractivity contribution in [1.82, 2.24) is 9.88 Å². The van der Waals surface area contributed by atoms with Gasteiger partial charge in [0.05, 0.1) is 18.8 Å². The lowest BCUT2D eigenvalue weighted by Gasteiger charge is -2.26. The van der Waals surface area contributed by atoms with Gasteiger partial charge >= 0.3 is 0 Å². The smallest absolute Gasteiger partial charge is 0.136 e. The van der Waals surface area contributed by atoms with Crippen molar-refractivity contribution in [1.29, 1.82) is 5.41 Å². The number of amidine groups is 1. The second-order valence-electron chi connectivity index (χ2n) is 4.19. The SMILES string of the molecule is N=C(N)c1cccnc1NCCN1CCOCC1. The van der Waals surface area contributed by atoms with Crippen molar-refractivity contribution < 1.29 is 4.74 Å². The number of nitrogens with one attached hydrogen (secondary N) is 2. The monoisotopic (exact) mass is 249 g/mol. The van der Waals surface area contributed by atoms with Crippen molar-refractivity contribution in [2.24, 2.45) is 5.73 Å². The van der Waals surface area contributed by atoms with E-state index in [0.717, 1.165) is 39.4 Å². The minimum atomic E-state index is 0.0389. The van der Waals surface area contributed by atoms with Crippen LogP contribution in [0.3, 0.4) is 0 Å². The molecule has 1 aromatic rings. The highest BCUT2D eigenvalue weighted by atomic mass is 16.5. The molecule has 98 valence electrons. The van der Waals surface area contributed by atoms with Crippen LogP contribution in [-0.4, -0.2) is 55.1 Å². The van der Waals surface area contributed by atoms with Gasteiger partial charge in [-0.05, 0) is 12.1 Å². The van der Waals surface area contributed by atoms with Crippen molar-refractivity contribution in [3.8, 4) is 0 Å². The summed E-state index contributed by atoms with van der Waals surface area (Å²) in [6.07, 6.45) is 1.70. The fourth-order valence-corrected chi connectivity index (χ4v) is 1.92. The summed E-state index contributed by atoms with van der Waals surface area (Å²) < 4.78 is 5.30. The third-order valence-corrected chi connectivity index (χ3v) is 2.92. The zero-order chi connectivity index (χ0) is 12.8. The summed E-state index contributed by atoms with van der Waals surface area (Å²) in [5.41, 5.74) is 6.16. The van der Waals surface area contributed by atoms with E-state index in [4.69, 9.17) is 15.9 Å². The minimum absolute atomic E-state index is 0.0389. The summed E-state index contributed by atoms with van der Waals surface area (Å²) in [4.78, 5) is 6.55. The Morgan fingerprint density at radius 1 is 1.50 bits per heavy atom. The number of rotatable bonds is 5. The number of hydrogen-bond donors (Lipinski definition) is 3. The van der Waals surface area contributed by atoms with Crippen molar-refractivity contribution in [2.75, 3.05) is 44.7 Å². The molecule has 0 radical (unpaired) electrons. The van der Waals surface area contributed by atoms with Gasteiger partial charge in [-0.3, -0.25) is 10.3 Å². The van der Waals surface area contributed by atoms with Gasteiger partial charge in [0.15, 0.2) is 0 Å². The molecule has 1 aliphatic heterocycles. The molecule has 6 heteroatoms. The number of morpholine rings is 1. The zero-order valence-electron chi connectivity index (χ0n) is 10.4. The first-order valence-electron chi connectivity index (χ1n) is 6.11. The predicted octanol–water partition coefficient (Wildman–Crippen LogP) is 0.110.